The van der Waals surface area contributed by atoms with Gasteiger partial charge in [0.2, 0.25) is 0 Å². The number of halogens is 2. The lowest BCUT2D eigenvalue weighted by Gasteiger charge is -2.66. The lowest BCUT2D eigenvalue weighted by Crippen LogP contribution is -2.57. The highest BCUT2D eigenvalue weighted by atomic mass is 79.9. The van der Waals surface area contributed by atoms with Gasteiger partial charge in [-0.25, -0.2) is 4.39 Å². The second-order valence-electron chi connectivity index (χ2n) is 10.3. The molecule has 0 saturated heterocycles. The van der Waals surface area contributed by atoms with Gasteiger partial charge in [0, 0.05) is 9.74 Å². The van der Waals surface area contributed by atoms with Gasteiger partial charge in [-0.15, -0.1) is 0 Å². The van der Waals surface area contributed by atoms with Crippen LogP contribution in [0.15, 0.2) is 11.9 Å². The number of aliphatic hydroxyl groups is 1. The van der Waals surface area contributed by atoms with Crippen molar-refractivity contribution < 1.29 is 9.50 Å². The summed E-state index contributed by atoms with van der Waals surface area (Å²) in [5.41, 5.74) is 0.650. The molecule has 7 aliphatic carbocycles. The molecule has 7 aliphatic rings. The fourth-order valence-electron chi connectivity index (χ4n) is 7.86. The molecule has 1 N–H and O–H groups in total. The molecule has 0 aromatic carbocycles. The van der Waals surface area contributed by atoms with Crippen LogP contribution in [0.25, 0.3) is 0 Å². The van der Waals surface area contributed by atoms with Crippen molar-refractivity contribution in [3.8, 4) is 0 Å². The number of fused-ring (bicyclic) bond motifs is 5. The molecule has 0 aliphatic heterocycles. The summed E-state index contributed by atoms with van der Waals surface area (Å²) in [6.45, 7) is 0. The Morgan fingerprint density at radius 2 is 1.40 bits per heavy atom. The van der Waals surface area contributed by atoms with Crippen LogP contribution in [0.3, 0.4) is 0 Å². The molecule has 3 heteroatoms. The number of hydrogen-bond donors (Lipinski definition) is 1. The third-order valence-electron chi connectivity index (χ3n) is 9.66. The van der Waals surface area contributed by atoms with Gasteiger partial charge in [-0.05, 0) is 113 Å². The molecule has 0 unspecified atom stereocenters. The van der Waals surface area contributed by atoms with E-state index in [-0.39, 0.29) is 27.1 Å². The average molecular weight is 411 g/mol. The highest BCUT2D eigenvalue weighted by Gasteiger charge is 2.64. The summed E-state index contributed by atoms with van der Waals surface area (Å²) in [6.07, 6.45) is 18.4. The SMILES string of the molecule is OC1CCC(C23CCC(C45CCC(Br)(C=C4F)CC5)(CC2)CC3)CC1. The van der Waals surface area contributed by atoms with Gasteiger partial charge in [0.15, 0.2) is 0 Å². The Labute approximate surface area is 160 Å². The van der Waals surface area contributed by atoms with Crippen LogP contribution in [0, 0.1) is 22.2 Å². The zero-order valence-corrected chi connectivity index (χ0v) is 16.9. The van der Waals surface area contributed by atoms with Crippen molar-refractivity contribution in [1.82, 2.24) is 0 Å². The van der Waals surface area contributed by atoms with Crippen molar-refractivity contribution in [2.45, 2.75) is 100 Å². The molecule has 0 aromatic heterocycles. The van der Waals surface area contributed by atoms with Crippen LogP contribution in [0.4, 0.5) is 4.39 Å². The van der Waals surface area contributed by atoms with Gasteiger partial charge in [0.1, 0.15) is 5.83 Å². The lowest BCUT2D eigenvalue weighted by atomic mass is 9.39. The summed E-state index contributed by atoms with van der Waals surface area (Å²) in [4.78, 5) is 0. The Morgan fingerprint density at radius 1 is 0.840 bits per heavy atom. The van der Waals surface area contributed by atoms with Gasteiger partial charge in [-0.2, -0.15) is 0 Å². The minimum absolute atomic E-state index is 0.0362. The van der Waals surface area contributed by atoms with Crippen molar-refractivity contribution in [2.24, 2.45) is 22.2 Å². The van der Waals surface area contributed by atoms with Gasteiger partial charge in [-0.3, -0.25) is 0 Å². The Balaban J connectivity index is 1.38. The molecule has 5 saturated carbocycles. The van der Waals surface area contributed by atoms with Gasteiger partial charge < -0.3 is 5.11 Å². The standard InChI is InChI=1S/C22H32BrFO/c23-21-11-13-22(14-12-21,18(24)15-21)20-8-5-19(6-9-20,7-10-20)16-1-3-17(25)4-2-16/h15-17,25H,1-14H2. The fraction of sp³-hybridized carbons (Fsp3) is 0.909. The van der Waals surface area contributed by atoms with Crippen LogP contribution in [0.5, 0.6) is 0 Å². The van der Waals surface area contributed by atoms with E-state index in [9.17, 15) is 5.11 Å². The van der Waals surface area contributed by atoms with Gasteiger partial charge in [0.25, 0.3) is 0 Å². The van der Waals surface area contributed by atoms with Crippen LogP contribution in [-0.4, -0.2) is 15.5 Å². The maximum Gasteiger partial charge on any atom is 0.104 e. The van der Waals surface area contributed by atoms with Gasteiger partial charge in [0.05, 0.1) is 6.10 Å². The van der Waals surface area contributed by atoms with E-state index in [4.69, 9.17) is 0 Å². The summed E-state index contributed by atoms with van der Waals surface area (Å²) >= 11 is 3.80. The van der Waals surface area contributed by atoms with Crippen LogP contribution >= 0.6 is 15.9 Å². The van der Waals surface area contributed by atoms with E-state index in [1.807, 2.05) is 6.08 Å². The van der Waals surface area contributed by atoms with E-state index < -0.39 is 0 Å². The largest absolute Gasteiger partial charge is 0.393 e. The van der Waals surface area contributed by atoms with Crippen molar-refractivity contribution in [2.75, 3.05) is 0 Å². The number of aliphatic hydroxyl groups excluding tert-OH is 1. The number of allylic oxidation sites excluding steroid dienone is 2. The van der Waals surface area contributed by atoms with Crippen molar-refractivity contribution in [3.05, 3.63) is 11.9 Å². The smallest absolute Gasteiger partial charge is 0.104 e. The quantitative estimate of drug-likeness (QED) is 0.519. The maximum absolute atomic E-state index is 15.3. The van der Waals surface area contributed by atoms with Crippen molar-refractivity contribution in [3.63, 3.8) is 0 Å². The third kappa shape index (κ3) is 2.33. The van der Waals surface area contributed by atoms with E-state index >= 15 is 4.39 Å². The first-order chi connectivity index (χ1) is 11.9. The highest BCUT2D eigenvalue weighted by molar-refractivity contribution is 9.10. The summed E-state index contributed by atoms with van der Waals surface area (Å²) < 4.78 is 15.3. The zero-order chi connectivity index (χ0) is 17.3. The van der Waals surface area contributed by atoms with Gasteiger partial charge >= 0.3 is 0 Å². The number of hydrogen-bond acceptors (Lipinski definition) is 1. The van der Waals surface area contributed by atoms with Crippen LogP contribution in [0.1, 0.15) is 89.9 Å². The van der Waals surface area contributed by atoms with E-state index in [2.05, 4.69) is 15.9 Å². The summed E-state index contributed by atoms with van der Waals surface area (Å²) in [5, 5.41) is 9.87. The first kappa shape index (κ1) is 17.2. The lowest BCUT2D eigenvalue weighted by molar-refractivity contribution is -0.135. The van der Waals surface area contributed by atoms with Crippen LogP contribution in [-0.2, 0) is 0 Å². The monoisotopic (exact) mass is 410 g/mol. The van der Waals surface area contributed by atoms with Crippen LogP contribution in [0.2, 0.25) is 0 Å². The molecule has 0 aromatic rings. The second-order valence-corrected chi connectivity index (χ2v) is 11.8. The Morgan fingerprint density at radius 3 is 1.92 bits per heavy atom. The summed E-state index contributed by atoms with van der Waals surface area (Å²) in [6, 6.07) is 0. The van der Waals surface area contributed by atoms with E-state index in [1.165, 1.54) is 51.4 Å². The molecule has 0 heterocycles. The highest BCUT2D eigenvalue weighted by Crippen LogP contribution is 2.73. The molecule has 0 spiro atoms. The molecular formula is C22H32BrFO. The molecule has 140 valence electrons. The van der Waals surface area contributed by atoms with Gasteiger partial charge in [-0.1, -0.05) is 15.9 Å². The van der Waals surface area contributed by atoms with E-state index in [0.717, 1.165) is 44.4 Å². The minimum atomic E-state index is -0.127. The molecule has 0 amide bonds. The molecule has 1 nitrogen and oxygen atoms in total. The summed E-state index contributed by atoms with van der Waals surface area (Å²) in [7, 11) is 0. The molecule has 7 rings (SSSR count). The fourth-order valence-corrected chi connectivity index (χ4v) is 8.45. The summed E-state index contributed by atoms with van der Waals surface area (Å²) in [5.74, 6) is 1.05. The maximum atomic E-state index is 15.3. The number of rotatable bonds is 2. The normalized spacial score (nSPS) is 55.2. The van der Waals surface area contributed by atoms with E-state index in [1.54, 1.807) is 0 Å². The Bertz CT molecular complexity index is 556. The molecule has 0 atom stereocenters. The molecule has 4 bridgehead atoms. The number of alkyl halides is 1. The molecular weight excluding hydrogens is 379 g/mol. The minimum Gasteiger partial charge on any atom is -0.393 e. The molecule has 0 radical (unpaired) electrons. The zero-order valence-electron chi connectivity index (χ0n) is 15.3. The third-order valence-corrected chi connectivity index (χ3v) is 10.7. The second kappa shape index (κ2) is 5.56. The van der Waals surface area contributed by atoms with E-state index in [0.29, 0.717) is 5.41 Å². The first-order valence-corrected chi connectivity index (χ1v) is 11.5. The topological polar surface area (TPSA) is 20.2 Å². The first-order valence-electron chi connectivity index (χ1n) is 10.7. The van der Waals surface area contributed by atoms with Crippen molar-refractivity contribution >= 4 is 15.9 Å². The average Bonchev–Trinajstić information content (AvgIpc) is 2.64. The molecule has 5 fully saturated rings. The Hall–Kier alpha value is 0.110. The predicted molar refractivity (Wildman–Crippen MR) is 102 cm³/mol. The van der Waals surface area contributed by atoms with Crippen molar-refractivity contribution in [1.29, 1.82) is 0 Å². The Kier molecular flexibility index (Phi) is 3.83. The van der Waals surface area contributed by atoms with Crippen LogP contribution < -0.4 is 0 Å². The predicted octanol–water partition coefficient (Wildman–Crippen LogP) is 6.44. The molecule has 25 heavy (non-hydrogen) atoms.